The summed E-state index contributed by atoms with van der Waals surface area (Å²) < 4.78 is 29.2. The molecule has 1 heterocycles. The molecule has 9 heteroatoms. The van der Waals surface area contributed by atoms with Crippen LogP contribution in [-0.2, 0) is 9.68 Å². The number of benzene rings is 1. The third kappa shape index (κ3) is 7.10. The number of hydrogen-bond acceptors (Lipinski definition) is 6. The molecule has 1 atom stereocenters. The van der Waals surface area contributed by atoms with Crippen molar-refractivity contribution >= 4 is 29.0 Å². The van der Waals surface area contributed by atoms with Crippen LogP contribution < -0.4 is 15.5 Å². The highest BCUT2D eigenvalue weighted by molar-refractivity contribution is 7.99. The topological polar surface area (TPSA) is 73.8 Å². The van der Waals surface area contributed by atoms with Crippen LogP contribution in [0.3, 0.4) is 0 Å². The molecule has 1 saturated heterocycles. The van der Waals surface area contributed by atoms with E-state index in [2.05, 4.69) is 15.5 Å². The maximum absolute atomic E-state index is 14.6. The van der Waals surface area contributed by atoms with Gasteiger partial charge in [-0.15, -0.1) is 0 Å². The van der Waals surface area contributed by atoms with Crippen molar-refractivity contribution in [1.82, 2.24) is 5.32 Å². The van der Waals surface area contributed by atoms with E-state index in [1.807, 2.05) is 18.7 Å². The first-order valence-electron chi connectivity index (χ1n) is 9.67. The van der Waals surface area contributed by atoms with Gasteiger partial charge < -0.3 is 15.5 Å². The first-order valence-corrected chi connectivity index (χ1v) is 10.8. The van der Waals surface area contributed by atoms with Crippen LogP contribution in [0.1, 0.15) is 32.6 Å². The van der Waals surface area contributed by atoms with E-state index in [9.17, 15) is 13.6 Å². The second-order valence-corrected chi connectivity index (χ2v) is 7.98. The van der Waals surface area contributed by atoms with Crippen LogP contribution in [0.25, 0.3) is 0 Å². The van der Waals surface area contributed by atoms with Gasteiger partial charge in [0.15, 0.2) is 11.6 Å². The van der Waals surface area contributed by atoms with Crippen molar-refractivity contribution in [3.05, 3.63) is 23.8 Å². The maximum atomic E-state index is 14.6. The van der Waals surface area contributed by atoms with Crippen LogP contribution in [0.5, 0.6) is 0 Å². The van der Waals surface area contributed by atoms with Gasteiger partial charge in [-0.3, -0.25) is 10.1 Å². The van der Waals surface area contributed by atoms with Gasteiger partial charge in [0.2, 0.25) is 5.91 Å². The lowest BCUT2D eigenvalue weighted by atomic mass is 10.2. The predicted molar refractivity (Wildman–Crippen MR) is 109 cm³/mol. The highest BCUT2D eigenvalue weighted by Gasteiger charge is 2.19. The van der Waals surface area contributed by atoms with Gasteiger partial charge in [-0.05, 0) is 42.9 Å². The lowest BCUT2D eigenvalue weighted by molar-refractivity contribution is -0.272. The Bertz CT molecular complexity index is 605. The zero-order valence-corrected chi connectivity index (χ0v) is 17.0. The molecule has 1 aromatic rings. The van der Waals surface area contributed by atoms with Gasteiger partial charge in [0.1, 0.15) is 11.8 Å². The molecule has 0 saturated carbocycles. The maximum Gasteiger partial charge on any atom is 0.220 e. The van der Waals surface area contributed by atoms with Gasteiger partial charge in [0.05, 0.1) is 0 Å². The van der Waals surface area contributed by atoms with E-state index in [0.717, 1.165) is 30.8 Å². The Morgan fingerprint density at radius 2 is 1.89 bits per heavy atom. The fourth-order valence-electron chi connectivity index (χ4n) is 3.04. The Morgan fingerprint density at radius 1 is 1.25 bits per heavy atom. The molecular formula is C19H29F2N3O3S. The smallest absolute Gasteiger partial charge is 0.220 e. The second-order valence-electron chi connectivity index (χ2n) is 6.76. The number of rotatable bonds is 9. The highest BCUT2D eigenvalue weighted by Crippen LogP contribution is 2.28. The summed E-state index contributed by atoms with van der Waals surface area (Å²) >= 11 is 1.87. The third-order valence-corrected chi connectivity index (χ3v) is 5.61. The summed E-state index contributed by atoms with van der Waals surface area (Å²) in [7, 11) is 0. The number of carbonyl (C=O) groups excluding carboxylic acids is 1. The molecule has 6 nitrogen and oxygen atoms in total. The van der Waals surface area contributed by atoms with Gasteiger partial charge in [0, 0.05) is 38.3 Å². The molecular weight excluding hydrogens is 388 g/mol. The summed E-state index contributed by atoms with van der Waals surface area (Å²) in [6.07, 6.45) is 2.15. The number of thioether (sulfide) groups is 1. The van der Waals surface area contributed by atoms with Gasteiger partial charge in [-0.1, -0.05) is 6.92 Å². The Labute approximate surface area is 168 Å². The number of hydrogen-bond donors (Lipinski definition) is 3. The molecule has 0 bridgehead atoms. The van der Waals surface area contributed by atoms with Gasteiger partial charge >= 0.3 is 0 Å². The van der Waals surface area contributed by atoms with Crippen molar-refractivity contribution in [2.75, 3.05) is 47.9 Å². The SMILES string of the molecule is CCCC(=O)NC[C@@H](CNc1cc(F)c(N2CCCSCCC2)c(F)c1)OO. The molecule has 0 aliphatic carbocycles. The van der Waals surface area contributed by atoms with E-state index in [1.165, 1.54) is 12.1 Å². The van der Waals surface area contributed by atoms with E-state index in [4.69, 9.17) is 5.26 Å². The van der Waals surface area contributed by atoms with Crippen molar-refractivity contribution < 1.29 is 23.7 Å². The average molecular weight is 418 g/mol. The van der Waals surface area contributed by atoms with Gasteiger partial charge in [0.25, 0.3) is 0 Å². The van der Waals surface area contributed by atoms with Crippen molar-refractivity contribution in [2.45, 2.75) is 38.7 Å². The lowest BCUT2D eigenvalue weighted by Crippen LogP contribution is -2.37. The van der Waals surface area contributed by atoms with E-state index < -0.39 is 17.7 Å². The van der Waals surface area contributed by atoms with Gasteiger partial charge in [-0.25, -0.2) is 13.7 Å². The fraction of sp³-hybridized carbons (Fsp3) is 0.632. The van der Waals surface area contributed by atoms with E-state index >= 15 is 0 Å². The Morgan fingerprint density at radius 3 is 2.46 bits per heavy atom. The summed E-state index contributed by atoms with van der Waals surface area (Å²) in [5, 5.41) is 14.5. The number of halogens is 2. The summed E-state index contributed by atoms with van der Waals surface area (Å²) in [6, 6.07) is 2.49. The lowest BCUT2D eigenvalue weighted by Gasteiger charge is -2.27. The van der Waals surface area contributed by atoms with Crippen molar-refractivity contribution in [3.8, 4) is 0 Å². The van der Waals surface area contributed by atoms with Crippen molar-refractivity contribution in [3.63, 3.8) is 0 Å². The highest BCUT2D eigenvalue weighted by atomic mass is 32.2. The zero-order valence-electron chi connectivity index (χ0n) is 16.2. The molecule has 1 aliphatic rings. The minimum atomic E-state index is -0.738. The molecule has 1 aromatic carbocycles. The number of nitrogens with zero attached hydrogens (tertiary/aromatic N) is 1. The number of amides is 1. The second kappa shape index (κ2) is 12.1. The summed E-state index contributed by atoms with van der Waals surface area (Å²) in [6.45, 7) is 3.33. The normalized spacial score (nSPS) is 16.2. The fourth-order valence-corrected chi connectivity index (χ4v) is 3.91. The van der Waals surface area contributed by atoms with Crippen LogP contribution in [0.15, 0.2) is 12.1 Å². The largest absolute Gasteiger partial charge is 0.382 e. The standard InChI is InChI=1S/C19H29F2N3O3S/c1-2-5-18(25)23-13-15(27-26)12-22-14-10-16(20)19(17(21)11-14)24-6-3-8-28-9-4-7-24/h10-11,15,22,26H,2-9,12-13H2,1H3,(H,23,25)/t15-/m1/s1. The summed E-state index contributed by atoms with van der Waals surface area (Å²) in [4.78, 5) is 17.6. The van der Waals surface area contributed by atoms with E-state index in [0.29, 0.717) is 19.5 Å². The molecule has 2 rings (SSSR count). The van der Waals surface area contributed by atoms with Crippen LogP contribution >= 0.6 is 11.8 Å². The first-order chi connectivity index (χ1) is 13.5. The van der Waals surface area contributed by atoms with Crippen LogP contribution in [-0.4, -0.2) is 55.0 Å². The molecule has 1 fully saturated rings. The minimum Gasteiger partial charge on any atom is -0.382 e. The molecule has 28 heavy (non-hydrogen) atoms. The monoisotopic (exact) mass is 417 g/mol. The molecule has 1 amide bonds. The first kappa shape index (κ1) is 22.7. The van der Waals surface area contributed by atoms with Crippen LogP contribution in [0.4, 0.5) is 20.2 Å². The molecule has 0 unspecified atom stereocenters. The Kier molecular flexibility index (Phi) is 9.80. The number of carbonyl (C=O) groups is 1. The van der Waals surface area contributed by atoms with E-state index in [1.54, 1.807) is 4.90 Å². The van der Waals surface area contributed by atoms with Crippen LogP contribution in [0, 0.1) is 11.6 Å². The predicted octanol–water partition coefficient (Wildman–Crippen LogP) is 3.48. The van der Waals surface area contributed by atoms with Crippen molar-refractivity contribution in [1.29, 1.82) is 0 Å². The summed E-state index contributed by atoms with van der Waals surface area (Å²) in [5.74, 6) is 0.618. The molecule has 0 spiro atoms. The van der Waals surface area contributed by atoms with Crippen molar-refractivity contribution in [2.24, 2.45) is 0 Å². The Hall–Kier alpha value is -1.58. The molecule has 1 aliphatic heterocycles. The zero-order chi connectivity index (χ0) is 20.4. The van der Waals surface area contributed by atoms with Gasteiger partial charge in [-0.2, -0.15) is 11.8 Å². The molecule has 0 aromatic heterocycles. The third-order valence-electron chi connectivity index (χ3n) is 4.45. The number of anilines is 2. The Balaban J connectivity index is 1.96. The molecule has 158 valence electrons. The molecule has 3 N–H and O–H groups in total. The number of nitrogens with one attached hydrogen (secondary N) is 2. The average Bonchev–Trinajstić information content (AvgIpc) is 2.63. The molecule has 0 radical (unpaired) electrons. The minimum absolute atomic E-state index is 0.0132. The summed E-state index contributed by atoms with van der Waals surface area (Å²) in [5.41, 5.74) is 0.266. The van der Waals surface area contributed by atoms with Crippen LogP contribution in [0.2, 0.25) is 0 Å². The quantitative estimate of drug-likeness (QED) is 0.422. The van der Waals surface area contributed by atoms with E-state index in [-0.39, 0.29) is 30.4 Å².